The first-order valence-electron chi connectivity index (χ1n) is 6.79. The van der Waals surface area contributed by atoms with Crippen LogP contribution in [0.1, 0.15) is 15.9 Å². The predicted octanol–water partition coefficient (Wildman–Crippen LogP) is 0.135. The summed E-state index contributed by atoms with van der Waals surface area (Å²) in [5.41, 5.74) is -1.02. The first-order valence-corrected chi connectivity index (χ1v) is 8.01. The fourth-order valence-electron chi connectivity index (χ4n) is 3.30. The van der Waals surface area contributed by atoms with Gasteiger partial charge in [0.1, 0.15) is 0 Å². The maximum Gasteiger partial charge on any atom is 0.321 e. The maximum absolute atomic E-state index is 12.6. The zero-order chi connectivity index (χ0) is 16.9. The molecule has 2 unspecified atom stereocenters. The molecular weight excluding hydrogens is 320 g/mol. The lowest BCUT2D eigenvalue weighted by atomic mass is 9.79. The van der Waals surface area contributed by atoms with E-state index < -0.39 is 35.1 Å². The molecule has 1 spiro atoms. The lowest BCUT2D eigenvalue weighted by molar-refractivity contribution is -0.154. The third-order valence-electron chi connectivity index (χ3n) is 4.40. The Morgan fingerprint density at radius 3 is 2.65 bits per heavy atom. The molecule has 1 aromatic rings. The Morgan fingerprint density at radius 1 is 1.35 bits per heavy atom. The number of ether oxygens (including phenoxy) is 1. The topological polar surface area (TPSA) is 92.8 Å². The number of nitrogens with zero attached hydrogens (tertiary/aromatic N) is 1. The number of fused-ring (bicyclic) bond motifs is 2. The molecule has 1 fully saturated rings. The standard InChI is InChI=1S/C15H14N2O5S/c1-17-12(19)8-6-7(23-3)4-5-9(8)15(17)10(13(20)22-2)11(18)16-14(15)21/h4-6,10H,1-3H3,(H,16,18,21). The van der Waals surface area contributed by atoms with E-state index >= 15 is 0 Å². The molecule has 1 aromatic carbocycles. The first kappa shape index (κ1) is 15.5. The molecule has 7 nitrogen and oxygen atoms in total. The fourth-order valence-corrected chi connectivity index (χ4v) is 3.74. The monoisotopic (exact) mass is 334 g/mol. The molecule has 0 saturated carbocycles. The van der Waals surface area contributed by atoms with Crippen LogP contribution >= 0.6 is 11.8 Å². The van der Waals surface area contributed by atoms with E-state index in [0.717, 1.165) is 16.9 Å². The van der Waals surface area contributed by atoms with Crippen LogP contribution in [-0.2, 0) is 24.7 Å². The maximum atomic E-state index is 12.6. The third kappa shape index (κ3) is 1.78. The summed E-state index contributed by atoms with van der Waals surface area (Å²) in [5.74, 6) is -4.13. The van der Waals surface area contributed by atoms with Gasteiger partial charge in [0.05, 0.1) is 7.11 Å². The normalized spacial score (nSPS) is 25.8. The molecule has 3 rings (SSSR count). The van der Waals surface area contributed by atoms with Crippen LogP contribution in [0.15, 0.2) is 23.1 Å². The van der Waals surface area contributed by atoms with Crippen LogP contribution in [0.25, 0.3) is 0 Å². The van der Waals surface area contributed by atoms with Gasteiger partial charge in [0.15, 0.2) is 11.5 Å². The molecule has 0 aromatic heterocycles. The van der Waals surface area contributed by atoms with Gasteiger partial charge in [-0.05, 0) is 18.4 Å². The van der Waals surface area contributed by atoms with Crippen LogP contribution in [0.3, 0.4) is 0 Å². The van der Waals surface area contributed by atoms with E-state index in [2.05, 4.69) is 10.1 Å². The van der Waals surface area contributed by atoms with Crippen molar-refractivity contribution in [3.05, 3.63) is 29.3 Å². The van der Waals surface area contributed by atoms with Gasteiger partial charge in [-0.15, -0.1) is 11.8 Å². The number of likely N-dealkylation sites (N-methyl/N-ethyl adjacent to an activating group) is 1. The van der Waals surface area contributed by atoms with Crippen LogP contribution in [0, 0.1) is 5.92 Å². The van der Waals surface area contributed by atoms with Gasteiger partial charge in [0.25, 0.3) is 11.8 Å². The van der Waals surface area contributed by atoms with Gasteiger partial charge in [0.2, 0.25) is 5.91 Å². The number of rotatable bonds is 2. The summed E-state index contributed by atoms with van der Waals surface area (Å²) in [4.78, 5) is 51.5. The number of amides is 3. The van der Waals surface area contributed by atoms with E-state index in [1.54, 1.807) is 18.2 Å². The number of hydrogen-bond acceptors (Lipinski definition) is 6. The predicted molar refractivity (Wildman–Crippen MR) is 80.7 cm³/mol. The van der Waals surface area contributed by atoms with Crippen molar-refractivity contribution in [1.29, 1.82) is 0 Å². The van der Waals surface area contributed by atoms with E-state index in [9.17, 15) is 19.2 Å². The molecule has 0 radical (unpaired) electrons. The van der Waals surface area contributed by atoms with E-state index in [4.69, 9.17) is 0 Å². The molecular formula is C15H14N2O5S. The molecule has 2 aliphatic rings. The van der Waals surface area contributed by atoms with Crippen LogP contribution in [0.5, 0.6) is 0 Å². The zero-order valence-electron chi connectivity index (χ0n) is 12.7. The number of imide groups is 1. The first-order chi connectivity index (χ1) is 10.9. The minimum atomic E-state index is -1.69. The average molecular weight is 334 g/mol. The lowest BCUT2D eigenvalue weighted by Gasteiger charge is -2.33. The van der Waals surface area contributed by atoms with Gasteiger partial charge in [-0.25, -0.2) is 0 Å². The smallest absolute Gasteiger partial charge is 0.321 e. The summed E-state index contributed by atoms with van der Waals surface area (Å²) in [6, 6.07) is 5.04. The lowest BCUT2D eigenvalue weighted by Crippen LogP contribution is -2.53. The molecule has 120 valence electrons. The highest BCUT2D eigenvalue weighted by Gasteiger charge is 2.67. The van der Waals surface area contributed by atoms with Crippen molar-refractivity contribution >= 4 is 35.5 Å². The number of carbonyl (C=O) groups excluding carboxylic acids is 4. The van der Waals surface area contributed by atoms with Crippen molar-refractivity contribution in [3.63, 3.8) is 0 Å². The number of carbonyl (C=O) groups is 4. The van der Waals surface area contributed by atoms with Crippen molar-refractivity contribution in [3.8, 4) is 0 Å². The number of nitrogens with one attached hydrogen (secondary N) is 1. The summed E-state index contributed by atoms with van der Waals surface area (Å²) in [6.45, 7) is 0. The van der Waals surface area contributed by atoms with Gasteiger partial charge >= 0.3 is 5.97 Å². The Labute approximate surface area is 136 Å². The molecule has 2 heterocycles. The van der Waals surface area contributed by atoms with Gasteiger partial charge in [-0.1, -0.05) is 6.07 Å². The molecule has 23 heavy (non-hydrogen) atoms. The van der Waals surface area contributed by atoms with Gasteiger partial charge in [0, 0.05) is 23.1 Å². The third-order valence-corrected chi connectivity index (χ3v) is 5.13. The van der Waals surface area contributed by atoms with Crippen molar-refractivity contribution in [2.24, 2.45) is 5.92 Å². The zero-order valence-corrected chi connectivity index (χ0v) is 13.5. The number of esters is 1. The summed E-state index contributed by atoms with van der Waals surface area (Å²) in [6.07, 6.45) is 1.86. The van der Waals surface area contributed by atoms with E-state index in [0.29, 0.717) is 11.1 Å². The van der Waals surface area contributed by atoms with Crippen molar-refractivity contribution in [1.82, 2.24) is 10.2 Å². The highest BCUT2D eigenvalue weighted by atomic mass is 32.2. The molecule has 2 aliphatic heterocycles. The SMILES string of the molecule is COC(=O)C1C(=O)NC(=O)C12c1ccc(SC)cc1C(=O)N2C. The Morgan fingerprint density at radius 2 is 2.04 bits per heavy atom. The Hall–Kier alpha value is -2.35. The molecule has 1 saturated heterocycles. The highest BCUT2D eigenvalue weighted by molar-refractivity contribution is 7.98. The van der Waals surface area contributed by atoms with Crippen molar-refractivity contribution < 1.29 is 23.9 Å². The second kappa shape index (κ2) is 5.09. The van der Waals surface area contributed by atoms with Gasteiger partial charge in [-0.3, -0.25) is 24.5 Å². The second-order valence-corrected chi connectivity index (χ2v) is 6.20. The number of hydrogen-bond donors (Lipinski definition) is 1. The average Bonchev–Trinajstić information content (AvgIpc) is 2.94. The minimum Gasteiger partial charge on any atom is -0.468 e. The molecule has 8 heteroatoms. The molecule has 3 amide bonds. The molecule has 2 atom stereocenters. The summed E-state index contributed by atoms with van der Waals surface area (Å²) < 4.78 is 4.69. The van der Waals surface area contributed by atoms with Crippen LogP contribution in [0.2, 0.25) is 0 Å². The minimum absolute atomic E-state index is 0.318. The van der Waals surface area contributed by atoms with Crippen LogP contribution in [-0.4, -0.2) is 49.0 Å². The summed E-state index contributed by atoms with van der Waals surface area (Å²) >= 11 is 1.45. The van der Waals surface area contributed by atoms with Crippen LogP contribution < -0.4 is 5.32 Å². The summed E-state index contributed by atoms with van der Waals surface area (Å²) in [5, 5.41) is 2.16. The Bertz CT molecular complexity index is 762. The highest BCUT2D eigenvalue weighted by Crippen LogP contribution is 2.47. The Kier molecular flexibility index (Phi) is 3.44. The van der Waals surface area contributed by atoms with Gasteiger partial charge in [-0.2, -0.15) is 0 Å². The molecule has 0 bridgehead atoms. The fraction of sp³-hybridized carbons (Fsp3) is 0.333. The van der Waals surface area contributed by atoms with Gasteiger partial charge < -0.3 is 9.64 Å². The summed E-state index contributed by atoms with van der Waals surface area (Å²) in [7, 11) is 2.55. The molecule has 0 aliphatic carbocycles. The molecule has 1 N–H and O–H groups in total. The number of methoxy groups -OCH3 is 1. The van der Waals surface area contributed by atoms with E-state index in [-0.39, 0.29) is 0 Å². The van der Waals surface area contributed by atoms with E-state index in [1.165, 1.54) is 18.8 Å². The largest absolute Gasteiger partial charge is 0.468 e. The number of thioether (sulfide) groups is 1. The van der Waals surface area contributed by atoms with Crippen LogP contribution in [0.4, 0.5) is 0 Å². The quantitative estimate of drug-likeness (QED) is 0.358. The van der Waals surface area contributed by atoms with E-state index in [1.807, 2.05) is 6.26 Å². The Balaban J connectivity index is 2.29. The van der Waals surface area contributed by atoms with Crippen molar-refractivity contribution in [2.45, 2.75) is 10.4 Å². The van der Waals surface area contributed by atoms with Crippen molar-refractivity contribution in [2.75, 3.05) is 20.4 Å². The number of benzene rings is 1. The second-order valence-electron chi connectivity index (χ2n) is 5.32.